The first kappa shape index (κ1) is 53.2. The van der Waals surface area contributed by atoms with E-state index in [1.165, 1.54) is 122 Å². The lowest BCUT2D eigenvalue weighted by molar-refractivity contribution is -0.305. The molecule has 1 aliphatic rings. The second kappa shape index (κ2) is 38.4. The first-order valence-corrected chi connectivity index (χ1v) is 23.4. The van der Waals surface area contributed by atoms with E-state index in [-0.39, 0.29) is 32.0 Å². The summed E-state index contributed by atoms with van der Waals surface area (Å²) >= 11 is 0. The van der Waals surface area contributed by atoms with Crippen molar-refractivity contribution >= 4 is 11.9 Å². The quantitative estimate of drug-likeness (QED) is 0.0268. The highest BCUT2D eigenvalue weighted by atomic mass is 16.7. The number of carbonyl (C=O) groups is 2. The first-order valence-electron chi connectivity index (χ1n) is 23.4. The number of aliphatic hydroxyl groups is 4. The van der Waals surface area contributed by atoms with Crippen LogP contribution in [0.3, 0.4) is 0 Å². The minimum atomic E-state index is -1.59. The van der Waals surface area contributed by atoms with Crippen LogP contribution < -0.4 is 0 Å². The van der Waals surface area contributed by atoms with Crippen LogP contribution >= 0.6 is 0 Å². The van der Waals surface area contributed by atoms with Crippen LogP contribution in [0.2, 0.25) is 0 Å². The van der Waals surface area contributed by atoms with Crippen molar-refractivity contribution in [2.45, 2.75) is 243 Å². The highest BCUT2D eigenvalue weighted by Crippen LogP contribution is 2.23. The molecule has 6 atom stereocenters. The van der Waals surface area contributed by atoms with Crippen LogP contribution in [0.1, 0.15) is 206 Å². The van der Waals surface area contributed by atoms with Gasteiger partial charge in [-0.15, -0.1) is 0 Å². The van der Waals surface area contributed by atoms with Gasteiger partial charge in [-0.1, -0.05) is 173 Å². The molecule has 0 saturated carbocycles. The van der Waals surface area contributed by atoms with Crippen molar-refractivity contribution in [3.8, 4) is 0 Å². The van der Waals surface area contributed by atoms with Crippen LogP contribution in [0.15, 0.2) is 24.3 Å². The Morgan fingerprint density at radius 3 is 1.47 bits per heavy atom. The number of aliphatic hydroxyl groups excluding tert-OH is 4. The van der Waals surface area contributed by atoms with E-state index in [1.54, 1.807) is 0 Å². The third kappa shape index (κ3) is 30.0. The lowest BCUT2D eigenvalue weighted by atomic mass is 9.99. The lowest BCUT2D eigenvalue weighted by Crippen LogP contribution is -2.59. The molecule has 10 nitrogen and oxygen atoms in total. The topological polar surface area (TPSA) is 152 Å². The molecule has 10 heteroatoms. The number of hydrogen-bond acceptors (Lipinski definition) is 10. The van der Waals surface area contributed by atoms with E-state index in [2.05, 4.69) is 38.2 Å². The summed E-state index contributed by atoms with van der Waals surface area (Å²) < 4.78 is 22.2. The summed E-state index contributed by atoms with van der Waals surface area (Å²) in [4.78, 5) is 25.3. The first-order chi connectivity index (χ1) is 27.8. The van der Waals surface area contributed by atoms with Crippen molar-refractivity contribution in [1.29, 1.82) is 0 Å². The Kier molecular flexibility index (Phi) is 35.8. The van der Waals surface area contributed by atoms with Gasteiger partial charge in [0.15, 0.2) is 12.4 Å². The van der Waals surface area contributed by atoms with E-state index in [1.807, 2.05) is 0 Å². The van der Waals surface area contributed by atoms with Crippen molar-refractivity contribution in [1.82, 2.24) is 0 Å². The predicted molar refractivity (Wildman–Crippen MR) is 229 cm³/mol. The molecule has 57 heavy (non-hydrogen) atoms. The largest absolute Gasteiger partial charge is 0.462 e. The van der Waals surface area contributed by atoms with Crippen LogP contribution in [0.4, 0.5) is 0 Å². The van der Waals surface area contributed by atoms with Gasteiger partial charge in [0.2, 0.25) is 0 Å². The molecule has 0 bridgehead atoms. The zero-order chi connectivity index (χ0) is 41.6. The van der Waals surface area contributed by atoms with Gasteiger partial charge < -0.3 is 39.4 Å². The molecule has 4 N–H and O–H groups in total. The molecule has 1 heterocycles. The van der Waals surface area contributed by atoms with Gasteiger partial charge in [-0.3, -0.25) is 9.59 Å². The van der Waals surface area contributed by atoms with Crippen LogP contribution in [0.5, 0.6) is 0 Å². The fourth-order valence-electron chi connectivity index (χ4n) is 7.10. The standard InChI is InChI=1S/C47H86O10/c1-3-5-7-9-11-13-15-17-19-20-21-22-24-26-28-30-32-34-36-43(50)56-40(39-55-47-46(53)45(52)44(51)41(37-48)57-47)38-54-42(49)35-33-31-29-27-25-23-18-16-14-12-10-8-6-4-2/h13,15,19-20,40-41,44-48,51-53H,3-12,14,16-18,21-39H2,1-2H3/b15-13-,20-19-. The molecule has 0 aromatic carbocycles. The second-order valence-electron chi connectivity index (χ2n) is 16.2. The molecule has 0 aliphatic carbocycles. The number of hydrogen-bond donors (Lipinski definition) is 4. The lowest BCUT2D eigenvalue weighted by Gasteiger charge is -2.39. The Hall–Kier alpha value is -1.82. The van der Waals surface area contributed by atoms with Crippen molar-refractivity contribution in [3.63, 3.8) is 0 Å². The van der Waals surface area contributed by atoms with E-state index >= 15 is 0 Å². The molecule has 1 rings (SSSR count). The van der Waals surface area contributed by atoms with E-state index in [0.717, 1.165) is 51.4 Å². The van der Waals surface area contributed by atoms with Gasteiger partial charge in [-0.25, -0.2) is 0 Å². The van der Waals surface area contributed by atoms with Crippen LogP contribution in [0.25, 0.3) is 0 Å². The number of allylic oxidation sites excluding steroid dienone is 4. The fraction of sp³-hybridized carbons (Fsp3) is 0.872. The summed E-state index contributed by atoms with van der Waals surface area (Å²) in [6.07, 6.45) is 34.6. The number of unbranched alkanes of at least 4 members (excludes halogenated alkanes) is 24. The minimum absolute atomic E-state index is 0.217. The van der Waals surface area contributed by atoms with Gasteiger partial charge in [0.25, 0.3) is 0 Å². The Morgan fingerprint density at radius 1 is 0.544 bits per heavy atom. The Balaban J connectivity index is 2.31. The molecule has 334 valence electrons. The number of carbonyl (C=O) groups excluding carboxylic acids is 2. The number of rotatable bonds is 39. The number of ether oxygens (including phenoxy) is 4. The van der Waals surface area contributed by atoms with Crippen LogP contribution in [-0.2, 0) is 28.5 Å². The van der Waals surface area contributed by atoms with Gasteiger partial charge in [0.1, 0.15) is 31.0 Å². The Labute approximate surface area is 347 Å². The molecular weight excluding hydrogens is 725 g/mol. The van der Waals surface area contributed by atoms with Gasteiger partial charge >= 0.3 is 11.9 Å². The molecular formula is C47H86O10. The van der Waals surface area contributed by atoms with E-state index in [0.29, 0.717) is 6.42 Å². The third-order valence-corrected chi connectivity index (χ3v) is 10.8. The molecule has 0 spiro atoms. The van der Waals surface area contributed by atoms with Crippen molar-refractivity contribution in [3.05, 3.63) is 24.3 Å². The van der Waals surface area contributed by atoms with Crippen molar-refractivity contribution in [2.24, 2.45) is 0 Å². The smallest absolute Gasteiger partial charge is 0.306 e. The minimum Gasteiger partial charge on any atom is -0.462 e. The maximum atomic E-state index is 12.8. The maximum Gasteiger partial charge on any atom is 0.306 e. The Bertz CT molecular complexity index is 985. The summed E-state index contributed by atoms with van der Waals surface area (Å²) in [6.45, 7) is 3.41. The normalized spacial score (nSPS) is 20.4. The van der Waals surface area contributed by atoms with Crippen molar-refractivity contribution < 1.29 is 49.0 Å². The predicted octanol–water partition coefficient (Wildman–Crippen LogP) is 10.1. The summed E-state index contributed by atoms with van der Waals surface area (Å²) in [5.74, 6) is -0.807. The summed E-state index contributed by atoms with van der Waals surface area (Å²) in [7, 11) is 0. The monoisotopic (exact) mass is 811 g/mol. The van der Waals surface area contributed by atoms with E-state index in [4.69, 9.17) is 18.9 Å². The summed E-state index contributed by atoms with van der Waals surface area (Å²) in [5.41, 5.74) is 0. The number of esters is 2. The highest BCUT2D eigenvalue weighted by molar-refractivity contribution is 5.70. The van der Waals surface area contributed by atoms with E-state index in [9.17, 15) is 30.0 Å². The summed E-state index contributed by atoms with van der Waals surface area (Å²) in [5, 5.41) is 40.1. The van der Waals surface area contributed by atoms with Crippen LogP contribution in [0, 0.1) is 0 Å². The molecule has 0 amide bonds. The van der Waals surface area contributed by atoms with Gasteiger partial charge in [-0.05, 0) is 44.9 Å². The molecule has 6 unspecified atom stereocenters. The fourth-order valence-corrected chi connectivity index (χ4v) is 7.10. The molecule has 0 aromatic heterocycles. The van der Waals surface area contributed by atoms with E-state index < -0.39 is 49.4 Å². The Morgan fingerprint density at radius 2 is 0.982 bits per heavy atom. The SMILES string of the molecule is CCCCCC/C=C\C/C=C\CCCCCCCCCC(=O)OC(COC(=O)CCCCCCCCCCCCCCCC)COC1OC(CO)C(O)C(O)C1O. The highest BCUT2D eigenvalue weighted by Gasteiger charge is 2.44. The zero-order valence-electron chi connectivity index (χ0n) is 36.3. The van der Waals surface area contributed by atoms with Gasteiger partial charge in [0.05, 0.1) is 13.2 Å². The molecule has 1 saturated heterocycles. The van der Waals surface area contributed by atoms with Gasteiger partial charge in [-0.2, -0.15) is 0 Å². The van der Waals surface area contributed by atoms with Crippen LogP contribution in [-0.4, -0.2) is 89.0 Å². The summed E-state index contributed by atoms with van der Waals surface area (Å²) in [6, 6.07) is 0. The average Bonchev–Trinajstić information content (AvgIpc) is 3.21. The third-order valence-electron chi connectivity index (χ3n) is 10.8. The molecule has 0 radical (unpaired) electrons. The van der Waals surface area contributed by atoms with Gasteiger partial charge in [0, 0.05) is 12.8 Å². The molecule has 1 aliphatic heterocycles. The maximum absolute atomic E-state index is 12.8. The van der Waals surface area contributed by atoms with Crippen molar-refractivity contribution in [2.75, 3.05) is 19.8 Å². The second-order valence-corrected chi connectivity index (χ2v) is 16.2. The average molecular weight is 811 g/mol. The molecule has 1 fully saturated rings. The molecule has 0 aromatic rings. The zero-order valence-corrected chi connectivity index (χ0v) is 36.3.